The van der Waals surface area contributed by atoms with E-state index in [4.69, 9.17) is 11.6 Å². The summed E-state index contributed by atoms with van der Waals surface area (Å²) in [6, 6.07) is 7.46. The van der Waals surface area contributed by atoms with Crippen molar-refractivity contribution >= 4 is 34.9 Å². The number of nitrogens with zero attached hydrogens (tertiary/aromatic N) is 4. The van der Waals surface area contributed by atoms with Crippen LogP contribution in [0.5, 0.6) is 0 Å². The highest BCUT2D eigenvalue weighted by Gasteiger charge is 2.31. The third-order valence-corrected chi connectivity index (χ3v) is 5.60. The second kappa shape index (κ2) is 8.01. The standard InChI is InChI=1S/C17H19ClN4O2S/c1-2-13-5-3-4-10-21(13)16-15(22(23)24)17(20-11-19-16)25-14-8-6-12(18)7-9-14/h6-9,11,13H,2-5,10H2,1H3. The molecular formula is C17H19ClN4O2S. The SMILES string of the molecule is CCC1CCCCN1c1ncnc(Sc2ccc(Cl)cc2)c1[N+](=O)[O-]. The van der Waals surface area contributed by atoms with E-state index in [1.54, 1.807) is 12.1 Å². The van der Waals surface area contributed by atoms with Gasteiger partial charge in [0.15, 0.2) is 5.03 Å². The molecule has 8 heteroatoms. The van der Waals surface area contributed by atoms with Crippen molar-refractivity contribution in [2.24, 2.45) is 0 Å². The summed E-state index contributed by atoms with van der Waals surface area (Å²) in [6.07, 6.45) is 5.58. The van der Waals surface area contributed by atoms with Crippen molar-refractivity contribution in [1.82, 2.24) is 9.97 Å². The number of nitro groups is 1. The van der Waals surface area contributed by atoms with Gasteiger partial charge in [-0.2, -0.15) is 0 Å². The number of piperidine rings is 1. The number of hydrogen-bond donors (Lipinski definition) is 0. The molecule has 0 saturated carbocycles. The molecule has 1 fully saturated rings. The average molecular weight is 379 g/mol. The van der Waals surface area contributed by atoms with Crippen molar-refractivity contribution in [3.8, 4) is 0 Å². The number of rotatable bonds is 5. The zero-order valence-electron chi connectivity index (χ0n) is 13.9. The minimum atomic E-state index is -0.366. The van der Waals surface area contributed by atoms with Crippen molar-refractivity contribution in [2.45, 2.75) is 48.6 Å². The molecule has 0 radical (unpaired) electrons. The van der Waals surface area contributed by atoms with E-state index in [0.717, 1.165) is 37.1 Å². The quantitative estimate of drug-likeness (QED) is 0.416. The van der Waals surface area contributed by atoms with E-state index in [9.17, 15) is 10.1 Å². The Morgan fingerprint density at radius 3 is 2.76 bits per heavy atom. The van der Waals surface area contributed by atoms with Crippen LogP contribution in [0.2, 0.25) is 5.02 Å². The van der Waals surface area contributed by atoms with E-state index in [0.29, 0.717) is 15.9 Å². The Kier molecular flexibility index (Phi) is 5.75. The number of hydrogen-bond acceptors (Lipinski definition) is 6. The fourth-order valence-corrected chi connectivity index (χ4v) is 4.10. The van der Waals surface area contributed by atoms with Crippen LogP contribution in [0.25, 0.3) is 0 Å². The lowest BCUT2D eigenvalue weighted by Gasteiger charge is -2.35. The molecule has 0 bridgehead atoms. The Morgan fingerprint density at radius 2 is 2.08 bits per heavy atom. The second-order valence-electron chi connectivity index (χ2n) is 5.92. The molecule has 1 aromatic carbocycles. The first-order chi connectivity index (χ1) is 12.1. The summed E-state index contributed by atoms with van der Waals surface area (Å²) in [5.74, 6) is 0.433. The largest absolute Gasteiger partial charge is 0.348 e. The van der Waals surface area contributed by atoms with Crippen LogP contribution >= 0.6 is 23.4 Å². The molecule has 1 aliphatic rings. The van der Waals surface area contributed by atoms with Crippen LogP contribution in [0.15, 0.2) is 40.5 Å². The van der Waals surface area contributed by atoms with Crippen LogP contribution in [-0.2, 0) is 0 Å². The number of aromatic nitrogens is 2. The van der Waals surface area contributed by atoms with Gasteiger partial charge in [0.2, 0.25) is 5.82 Å². The topological polar surface area (TPSA) is 72.2 Å². The van der Waals surface area contributed by atoms with E-state index in [-0.39, 0.29) is 16.7 Å². The zero-order valence-corrected chi connectivity index (χ0v) is 15.5. The van der Waals surface area contributed by atoms with Crippen molar-refractivity contribution in [2.75, 3.05) is 11.4 Å². The molecule has 2 heterocycles. The number of benzene rings is 1. The minimum absolute atomic E-state index is 0.0113. The molecular weight excluding hydrogens is 360 g/mol. The van der Waals surface area contributed by atoms with Gasteiger partial charge in [0.1, 0.15) is 6.33 Å². The summed E-state index contributed by atoms with van der Waals surface area (Å²) < 4.78 is 0. The Morgan fingerprint density at radius 1 is 1.32 bits per heavy atom. The summed E-state index contributed by atoms with van der Waals surface area (Å²) in [7, 11) is 0. The Balaban J connectivity index is 1.99. The molecule has 0 spiro atoms. The summed E-state index contributed by atoms with van der Waals surface area (Å²) >= 11 is 7.17. The van der Waals surface area contributed by atoms with Gasteiger partial charge in [-0.3, -0.25) is 10.1 Å². The van der Waals surface area contributed by atoms with E-state index in [2.05, 4.69) is 21.8 Å². The highest BCUT2D eigenvalue weighted by atomic mass is 35.5. The fourth-order valence-electron chi connectivity index (χ4n) is 3.12. The molecule has 25 heavy (non-hydrogen) atoms. The van der Waals surface area contributed by atoms with E-state index in [1.165, 1.54) is 18.1 Å². The van der Waals surface area contributed by atoms with Crippen molar-refractivity contribution in [3.63, 3.8) is 0 Å². The molecule has 0 N–H and O–H groups in total. The summed E-state index contributed by atoms with van der Waals surface area (Å²) in [4.78, 5) is 22.8. The predicted molar refractivity (Wildman–Crippen MR) is 99.5 cm³/mol. The zero-order chi connectivity index (χ0) is 17.8. The van der Waals surface area contributed by atoms with Gasteiger partial charge in [-0.25, -0.2) is 9.97 Å². The molecule has 3 rings (SSSR count). The summed E-state index contributed by atoms with van der Waals surface area (Å²) in [5, 5.41) is 12.8. The maximum absolute atomic E-state index is 11.8. The van der Waals surface area contributed by atoms with Gasteiger partial charge in [-0.05, 0) is 49.9 Å². The Labute approximate surface area is 155 Å². The first kappa shape index (κ1) is 17.9. The number of halogens is 1. The van der Waals surface area contributed by atoms with E-state index < -0.39 is 0 Å². The third kappa shape index (κ3) is 4.04. The molecule has 1 atom stereocenters. The molecule has 0 amide bonds. The van der Waals surface area contributed by atoms with Gasteiger partial charge < -0.3 is 4.90 Å². The molecule has 1 saturated heterocycles. The van der Waals surface area contributed by atoms with Crippen LogP contribution in [0.3, 0.4) is 0 Å². The smallest absolute Gasteiger partial charge is 0.343 e. The van der Waals surface area contributed by atoms with Crippen molar-refractivity contribution < 1.29 is 4.92 Å². The maximum Gasteiger partial charge on any atom is 0.343 e. The molecule has 1 aliphatic heterocycles. The minimum Gasteiger partial charge on any atom is -0.348 e. The lowest BCUT2D eigenvalue weighted by atomic mass is 10.00. The highest BCUT2D eigenvalue weighted by Crippen LogP contribution is 2.40. The molecule has 1 unspecified atom stereocenters. The van der Waals surface area contributed by atoms with Gasteiger partial charge in [0.05, 0.1) is 4.92 Å². The fraction of sp³-hybridized carbons (Fsp3) is 0.412. The van der Waals surface area contributed by atoms with Gasteiger partial charge in [0, 0.05) is 22.5 Å². The van der Waals surface area contributed by atoms with Crippen LogP contribution < -0.4 is 4.90 Å². The van der Waals surface area contributed by atoms with Gasteiger partial charge >= 0.3 is 5.69 Å². The first-order valence-corrected chi connectivity index (χ1v) is 9.49. The normalized spacial score (nSPS) is 17.5. The molecule has 2 aromatic rings. The van der Waals surface area contributed by atoms with Crippen LogP contribution in [0, 0.1) is 10.1 Å². The second-order valence-corrected chi connectivity index (χ2v) is 7.41. The maximum atomic E-state index is 11.8. The highest BCUT2D eigenvalue weighted by molar-refractivity contribution is 7.99. The summed E-state index contributed by atoms with van der Waals surface area (Å²) in [5.41, 5.74) is -0.0113. The third-order valence-electron chi connectivity index (χ3n) is 4.35. The van der Waals surface area contributed by atoms with Crippen molar-refractivity contribution in [3.05, 3.63) is 45.7 Å². The Bertz CT molecular complexity index is 757. The molecule has 6 nitrogen and oxygen atoms in total. The lowest BCUT2D eigenvalue weighted by molar-refractivity contribution is -0.387. The van der Waals surface area contributed by atoms with Crippen LogP contribution in [0.1, 0.15) is 32.6 Å². The lowest BCUT2D eigenvalue weighted by Crippen LogP contribution is -2.40. The molecule has 0 aliphatic carbocycles. The van der Waals surface area contributed by atoms with Crippen molar-refractivity contribution in [1.29, 1.82) is 0 Å². The number of anilines is 1. The van der Waals surface area contributed by atoms with Crippen LogP contribution in [-0.4, -0.2) is 27.5 Å². The van der Waals surface area contributed by atoms with Crippen LogP contribution in [0.4, 0.5) is 11.5 Å². The van der Waals surface area contributed by atoms with Gasteiger partial charge in [-0.1, -0.05) is 30.3 Å². The van der Waals surface area contributed by atoms with Gasteiger partial charge in [0.25, 0.3) is 0 Å². The predicted octanol–water partition coefficient (Wildman–Crippen LogP) is 4.96. The van der Waals surface area contributed by atoms with E-state index in [1.807, 2.05) is 12.1 Å². The molecule has 132 valence electrons. The molecule has 1 aromatic heterocycles. The van der Waals surface area contributed by atoms with E-state index >= 15 is 0 Å². The first-order valence-electron chi connectivity index (χ1n) is 8.29. The average Bonchev–Trinajstić information content (AvgIpc) is 2.63. The monoisotopic (exact) mass is 378 g/mol. The van der Waals surface area contributed by atoms with Gasteiger partial charge in [-0.15, -0.1) is 0 Å². The Hall–Kier alpha value is -1.86. The summed E-state index contributed by atoms with van der Waals surface area (Å²) in [6.45, 7) is 2.90.